The smallest absolute Gasteiger partial charge is 0.254 e. The number of likely N-dealkylation sites (tertiary alicyclic amines) is 1. The molecule has 3 aliphatic rings. The summed E-state index contributed by atoms with van der Waals surface area (Å²) in [6.07, 6.45) is 10.2. The molecule has 5 heterocycles. The van der Waals surface area contributed by atoms with Gasteiger partial charge >= 0.3 is 0 Å². The first-order chi connectivity index (χ1) is 18.0. The predicted molar refractivity (Wildman–Crippen MR) is 139 cm³/mol. The van der Waals surface area contributed by atoms with Crippen LogP contribution < -0.4 is 5.73 Å². The molecule has 1 aromatic carbocycles. The van der Waals surface area contributed by atoms with Gasteiger partial charge in [0, 0.05) is 61.8 Å². The molecule has 8 rings (SSSR count). The molecule has 3 atom stereocenters. The van der Waals surface area contributed by atoms with E-state index in [1.807, 2.05) is 39.5 Å². The molecular formula is C28H28FN7O. The van der Waals surface area contributed by atoms with E-state index in [0.29, 0.717) is 40.8 Å². The fourth-order valence-electron chi connectivity index (χ4n) is 6.75. The zero-order chi connectivity index (χ0) is 25.0. The molecule has 2 saturated carbocycles. The average Bonchev–Trinajstić information content (AvgIpc) is 3.22. The monoisotopic (exact) mass is 497 g/mol. The molecular weight excluding hydrogens is 469 g/mol. The number of fused-ring (bicyclic) bond motifs is 6. The third kappa shape index (κ3) is 3.00. The summed E-state index contributed by atoms with van der Waals surface area (Å²) in [5, 5.41) is 1.08. The van der Waals surface area contributed by atoms with Gasteiger partial charge in [-0.3, -0.25) is 4.79 Å². The van der Waals surface area contributed by atoms with E-state index in [9.17, 15) is 4.79 Å². The molecule has 2 bridgehead atoms. The Kier molecular flexibility index (Phi) is 4.28. The zero-order valence-corrected chi connectivity index (χ0v) is 20.6. The standard InChI is InChI=1S/C28H28FN7O/c1-33-25-19(29)10-18(28(37)36-14-17-4-5-21(36)23(17)30)11-20(25)32-26(33)22-12-16-6-8-34-9-7-31-27(34)24(16)35(22)13-15-2-3-15/h6-12,15,17,21,23H,2-5,13-14,30H2,1H3/t17-,21-,23-/m1/s1. The Morgan fingerprint density at radius 2 is 2.00 bits per heavy atom. The van der Waals surface area contributed by atoms with E-state index < -0.39 is 5.82 Å². The van der Waals surface area contributed by atoms with E-state index >= 15 is 4.39 Å². The summed E-state index contributed by atoms with van der Waals surface area (Å²) in [5.41, 5.74) is 10.5. The van der Waals surface area contributed by atoms with Crippen LogP contribution in [0.1, 0.15) is 36.0 Å². The minimum Gasteiger partial charge on any atom is -0.335 e. The number of halogens is 1. The van der Waals surface area contributed by atoms with Gasteiger partial charge in [-0.2, -0.15) is 0 Å². The van der Waals surface area contributed by atoms with E-state index in [1.54, 1.807) is 6.07 Å². The number of hydrogen-bond donors (Lipinski definition) is 1. The predicted octanol–water partition coefficient (Wildman–Crippen LogP) is 3.95. The molecule has 2 N–H and O–H groups in total. The van der Waals surface area contributed by atoms with Crippen molar-refractivity contribution in [1.82, 2.24) is 28.4 Å². The number of nitrogens with zero attached hydrogens (tertiary/aromatic N) is 6. The molecule has 0 spiro atoms. The molecule has 4 aromatic heterocycles. The first-order valence-electron chi connectivity index (χ1n) is 13.2. The molecule has 1 aliphatic heterocycles. The van der Waals surface area contributed by atoms with Crippen LogP contribution in [0.2, 0.25) is 0 Å². The molecule has 0 unspecified atom stereocenters. The van der Waals surface area contributed by atoms with Gasteiger partial charge < -0.3 is 24.2 Å². The Morgan fingerprint density at radius 3 is 2.76 bits per heavy atom. The molecule has 3 fully saturated rings. The second-order valence-corrected chi connectivity index (χ2v) is 11.1. The third-order valence-electron chi connectivity index (χ3n) is 8.87. The van der Waals surface area contributed by atoms with Crippen molar-refractivity contribution in [2.75, 3.05) is 6.54 Å². The largest absolute Gasteiger partial charge is 0.335 e. The summed E-state index contributed by atoms with van der Waals surface area (Å²) in [6.45, 7) is 1.53. The van der Waals surface area contributed by atoms with Crippen molar-refractivity contribution in [3.63, 3.8) is 0 Å². The van der Waals surface area contributed by atoms with E-state index in [4.69, 9.17) is 10.7 Å². The number of pyridine rings is 1. The van der Waals surface area contributed by atoms with Crippen LogP contribution in [0.15, 0.2) is 42.9 Å². The molecule has 2 aliphatic carbocycles. The van der Waals surface area contributed by atoms with Crippen molar-refractivity contribution in [2.24, 2.45) is 24.6 Å². The van der Waals surface area contributed by atoms with E-state index in [1.165, 1.54) is 18.9 Å². The summed E-state index contributed by atoms with van der Waals surface area (Å²) >= 11 is 0. The van der Waals surface area contributed by atoms with Crippen molar-refractivity contribution in [3.05, 3.63) is 54.2 Å². The van der Waals surface area contributed by atoms with Gasteiger partial charge in [0.2, 0.25) is 0 Å². The van der Waals surface area contributed by atoms with Gasteiger partial charge in [-0.05, 0) is 61.8 Å². The zero-order valence-electron chi connectivity index (χ0n) is 20.6. The maximum Gasteiger partial charge on any atom is 0.254 e. The maximum atomic E-state index is 15.6. The lowest BCUT2D eigenvalue weighted by molar-refractivity contribution is 0.0700. The minimum atomic E-state index is -0.434. The fraction of sp³-hybridized carbons (Fsp3) is 0.393. The molecule has 9 heteroatoms. The SMILES string of the molecule is Cn1c(-c2cc3ccn4ccnc4c3n2CC2CC2)nc2cc(C(=O)N3C[C@H]4CC[C@@H]3[C@@H]4N)cc(F)c21. The summed E-state index contributed by atoms with van der Waals surface area (Å²) in [5.74, 6) is 1.07. The van der Waals surface area contributed by atoms with Crippen LogP contribution in [0.5, 0.6) is 0 Å². The van der Waals surface area contributed by atoms with Crippen LogP contribution in [-0.2, 0) is 13.6 Å². The second-order valence-electron chi connectivity index (χ2n) is 11.1. The van der Waals surface area contributed by atoms with Crippen molar-refractivity contribution in [1.29, 1.82) is 0 Å². The van der Waals surface area contributed by atoms with Gasteiger partial charge in [-0.15, -0.1) is 0 Å². The number of hydrogen-bond acceptors (Lipinski definition) is 4. The number of amides is 1. The van der Waals surface area contributed by atoms with Gasteiger partial charge in [0.25, 0.3) is 5.91 Å². The Balaban J connectivity index is 1.27. The highest BCUT2D eigenvalue weighted by Gasteiger charge is 2.47. The summed E-state index contributed by atoms with van der Waals surface area (Å²) in [4.78, 5) is 24.8. The third-order valence-corrected chi connectivity index (χ3v) is 8.87. The lowest BCUT2D eigenvalue weighted by atomic mass is 10.1. The molecule has 0 radical (unpaired) electrons. The van der Waals surface area contributed by atoms with Crippen molar-refractivity contribution in [3.8, 4) is 11.5 Å². The van der Waals surface area contributed by atoms with Crippen molar-refractivity contribution < 1.29 is 9.18 Å². The Labute approximate surface area is 212 Å². The van der Waals surface area contributed by atoms with E-state index in [-0.39, 0.29) is 18.0 Å². The highest BCUT2D eigenvalue weighted by molar-refractivity contribution is 5.99. The maximum absolute atomic E-state index is 15.6. The summed E-state index contributed by atoms with van der Waals surface area (Å²) < 4.78 is 21.7. The molecule has 1 amide bonds. The highest BCUT2D eigenvalue weighted by atomic mass is 19.1. The Morgan fingerprint density at radius 1 is 1.14 bits per heavy atom. The summed E-state index contributed by atoms with van der Waals surface area (Å²) in [6, 6.07) is 7.39. The molecule has 188 valence electrons. The summed E-state index contributed by atoms with van der Waals surface area (Å²) in [7, 11) is 1.85. The number of imidazole rings is 2. The van der Waals surface area contributed by atoms with Gasteiger partial charge in [0.1, 0.15) is 11.3 Å². The number of piperidine rings is 1. The van der Waals surface area contributed by atoms with Gasteiger partial charge in [0.15, 0.2) is 11.5 Å². The number of benzene rings is 1. The number of rotatable bonds is 4. The van der Waals surface area contributed by atoms with Gasteiger partial charge in [0.05, 0.1) is 16.7 Å². The lowest BCUT2D eigenvalue weighted by Gasteiger charge is -2.27. The average molecular weight is 498 g/mol. The number of nitrogens with two attached hydrogens (primary N) is 1. The van der Waals surface area contributed by atoms with Crippen LogP contribution in [0, 0.1) is 17.7 Å². The van der Waals surface area contributed by atoms with Crippen LogP contribution in [0.4, 0.5) is 4.39 Å². The van der Waals surface area contributed by atoms with Crippen molar-refractivity contribution in [2.45, 2.75) is 44.3 Å². The minimum absolute atomic E-state index is 0.0221. The molecule has 8 nitrogen and oxygen atoms in total. The highest BCUT2D eigenvalue weighted by Crippen LogP contribution is 2.39. The topological polar surface area (TPSA) is 86.4 Å². The van der Waals surface area contributed by atoms with Gasteiger partial charge in [-0.25, -0.2) is 14.4 Å². The van der Waals surface area contributed by atoms with E-state index in [2.05, 4.69) is 21.7 Å². The fourth-order valence-corrected chi connectivity index (χ4v) is 6.75. The lowest BCUT2D eigenvalue weighted by Crippen LogP contribution is -2.41. The van der Waals surface area contributed by atoms with Crippen LogP contribution in [0.3, 0.4) is 0 Å². The molecule has 37 heavy (non-hydrogen) atoms. The number of carbonyl (C=O) groups excluding carboxylic acids is 1. The van der Waals surface area contributed by atoms with Crippen LogP contribution >= 0.6 is 0 Å². The first-order valence-corrected chi connectivity index (χ1v) is 13.2. The first kappa shape index (κ1) is 21.4. The van der Waals surface area contributed by atoms with E-state index in [0.717, 1.165) is 41.6 Å². The van der Waals surface area contributed by atoms with Crippen molar-refractivity contribution >= 4 is 33.5 Å². The van der Waals surface area contributed by atoms with Gasteiger partial charge in [-0.1, -0.05) is 0 Å². The number of aryl methyl sites for hydroxylation is 1. The molecule has 1 saturated heterocycles. The second kappa shape index (κ2) is 7.41. The van der Waals surface area contributed by atoms with Crippen LogP contribution in [-0.4, -0.2) is 52.9 Å². The Hall–Kier alpha value is -3.72. The number of aromatic nitrogens is 5. The quantitative estimate of drug-likeness (QED) is 0.407. The normalized spacial score (nSPS) is 23.3. The molecule has 5 aromatic rings. The number of carbonyl (C=O) groups is 1. The van der Waals surface area contributed by atoms with Crippen LogP contribution in [0.25, 0.3) is 39.1 Å². The Bertz CT molecular complexity index is 1740.